The van der Waals surface area contributed by atoms with Crippen LogP contribution in [0, 0.1) is 0 Å². The van der Waals surface area contributed by atoms with Gasteiger partial charge in [-0.2, -0.15) is 0 Å². The van der Waals surface area contributed by atoms with Crippen molar-refractivity contribution >= 4 is 35.1 Å². The summed E-state index contributed by atoms with van der Waals surface area (Å²) in [5.41, 5.74) is 0.354. The van der Waals surface area contributed by atoms with Crippen molar-refractivity contribution in [1.29, 1.82) is 0 Å². The molecule has 20 heavy (non-hydrogen) atoms. The number of carbonyl (C=O) groups is 2. The van der Waals surface area contributed by atoms with E-state index in [1.807, 2.05) is 0 Å². The Bertz CT molecular complexity index is 533. The summed E-state index contributed by atoms with van der Waals surface area (Å²) in [4.78, 5) is 25.9. The number of carbonyl (C=O) groups excluding carboxylic acids is 2. The molecule has 1 aromatic carbocycles. The summed E-state index contributed by atoms with van der Waals surface area (Å²) in [5, 5.41) is 0.756. The van der Waals surface area contributed by atoms with Gasteiger partial charge in [-0.25, -0.2) is 4.79 Å². The van der Waals surface area contributed by atoms with Gasteiger partial charge < -0.3 is 9.64 Å². The highest BCUT2D eigenvalue weighted by molar-refractivity contribution is 6.36. The highest BCUT2D eigenvalue weighted by Gasteiger charge is 2.33. The first-order valence-corrected chi connectivity index (χ1v) is 7.14. The number of amides is 1. The lowest BCUT2D eigenvalue weighted by molar-refractivity contribution is -0.147. The molecule has 0 saturated carbocycles. The van der Waals surface area contributed by atoms with Gasteiger partial charge in [0.25, 0.3) is 5.91 Å². The van der Waals surface area contributed by atoms with Crippen molar-refractivity contribution in [3.63, 3.8) is 0 Å². The van der Waals surface area contributed by atoms with Crippen molar-refractivity contribution in [2.24, 2.45) is 0 Å². The lowest BCUT2D eigenvalue weighted by Crippen LogP contribution is -2.48. The molecule has 1 aliphatic heterocycles. The van der Waals surface area contributed by atoms with E-state index in [0.717, 1.165) is 12.8 Å². The van der Waals surface area contributed by atoms with Crippen LogP contribution in [0.3, 0.4) is 0 Å². The summed E-state index contributed by atoms with van der Waals surface area (Å²) in [6.07, 6.45) is 2.38. The summed E-state index contributed by atoms with van der Waals surface area (Å²) >= 11 is 11.9. The molecule has 0 aromatic heterocycles. The standard InChI is InChI=1S/C14H15Cl2NO3/c1-20-14(19)12-4-2-3-7-17(12)13(18)10-6-5-9(15)8-11(10)16/h5-6,8,12H,2-4,7H2,1H3. The van der Waals surface area contributed by atoms with Crippen LogP contribution in [0.2, 0.25) is 10.0 Å². The Morgan fingerprint density at radius 3 is 2.70 bits per heavy atom. The first-order valence-electron chi connectivity index (χ1n) is 6.38. The number of piperidine rings is 1. The predicted molar refractivity (Wildman–Crippen MR) is 77.2 cm³/mol. The van der Waals surface area contributed by atoms with E-state index in [1.54, 1.807) is 12.1 Å². The van der Waals surface area contributed by atoms with E-state index in [1.165, 1.54) is 18.1 Å². The lowest BCUT2D eigenvalue weighted by Gasteiger charge is -2.34. The average Bonchev–Trinajstić information content (AvgIpc) is 2.46. The second-order valence-electron chi connectivity index (χ2n) is 4.66. The number of ether oxygens (including phenoxy) is 1. The molecule has 0 N–H and O–H groups in total. The number of benzene rings is 1. The Kier molecular flexibility index (Phi) is 4.89. The molecule has 1 aliphatic rings. The molecule has 1 atom stereocenters. The number of halogens is 2. The molecule has 108 valence electrons. The minimum Gasteiger partial charge on any atom is -0.467 e. The summed E-state index contributed by atoms with van der Waals surface area (Å²) in [5.74, 6) is -0.648. The van der Waals surface area contributed by atoms with Gasteiger partial charge in [-0.15, -0.1) is 0 Å². The fourth-order valence-electron chi connectivity index (χ4n) is 2.37. The number of methoxy groups -OCH3 is 1. The first kappa shape index (κ1) is 15.1. The van der Waals surface area contributed by atoms with Gasteiger partial charge in [-0.05, 0) is 37.5 Å². The number of rotatable bonds is 2. The second-order valence-corrected chi connectivity index (χ2v) is 5.50. The summed E-state index contributed by atoms with van der Waals surface area (Å²) < 4.78 is 4.77. The highest BCUT2D eigenvalue weighted by atomic mass is 35.5. The minimum atomic E-state index is -0.534. The van der Waals surface area contributed by atoms with Crippen LogP contribution in [0.4, 0.5) is 0 Å². The van der Waals surface area contributed by atoms with Gasteiger partial charge in [-0.1, -0.05) is 23.2 Å². The van der Waals surface area contributed by atoms with E-state index in [-0.39, 0.29) is 16.9 Å². The van der Waals surface area contributed by atoms with Crippen molar-refractivity contribution in [1.82, 2.24) is 4.90 Å². The van der Waals surface area contributed by atoms with E-state index in [0.29, 0.717) is 23.6 Å². The molecule has 1 fully saturated rings. The summed E-state index contributed by atoms with van der Waals surface area (Å²) in [6, 6.07) is 4.18. The SMILES string of the molecule is COC(=O)C1CCCCN1C(=O)c1ccc(Cl)cc1Cl. The third-order valence-corrected chi connectivity index (χ3v) is 3.95. The molecule has 0 aliphatic carbocycles. The van der Waals surface area contributed by atoms with Crippen molar-refractivity contribution in [2.45, 2.75) is 25.3 Å². The Hall–Kier alpha value is -1.26. The third-order valence-electron chi connectivity index (χ3n) is 3.40. The summed E-state index contributed by atoms with van der Waals surface area (Å²) in [6.45, 7) is 0.525. The zero-order chi connectivity index (χ0) is 14.7. The van der Waals surface area contributed by atoms with Crippen LogP contribution in [0.25, 0.3) is 0 Å². The number of nitrogens with zero attached hydrogens (tertiary/aromatic N) is 1. The van der Waals surface area contributed by atoms with Gasteiger partial charge in [0.15, 0.2) is 0 Å². The van der Waals surface area contributed by atoms with Gasteiger partial charge in [0.2, 0.25) is 0 Å². The molecular formula is C14H15Cl2NO3. The second kappa shape index (κ2) is 6.46. The molecule has 4 nitrogen and oxygen atoms in total. The lowest BCUT2D eigenvalue weighted by atomic mass is 10.0. The summed E-state index contributed by atoms with van der Waals surface area (Å²) in [7, 11) is 1.33. The van der Waals surface area contributed by atoms with E-state index in [2.05, 4.69) is 0 Å². The van der Waals surface area contributed by atoms with Crippen LogP contribution in [-0.4, -0.2) is 36.5 Å². The molecular weight excluding hydrogens is 301 g/mol. The molecule has 1 amide bonds. The molecule has 6 heteroatoms. The van der Waals surface area contributed by atoms with Crippen LogP contribution >= 0.6 is 23.2 Å². The Balaban J connectivity index is 2.27. The maximum absolute atomic E-state index is 12.6. The molecule has 0 radical (unpaired) electrons. The van der Waals surface area contributed by atoms with Crippen molar-refractivity contribution in [2.75, 3.05) is 13.7 Å². The molecule has 1 aromatic rings. The molecule has 1 unspecified atom stereocenters. The van der Waals surface area contributed by atoms with Crippen LogP contribution in [0.1, 0.15) is 29.6 Å². The van der Waals surface area contributed by atoms with E-state index >= 15 is 0 Å². The Morgan fingerprint density at radius 1 is 1.30 bits per heavy atom. The first-order chi connectivity index (χ1) is 9.54. The van der Waals surface area contributed by atoms with Crippen LogP contribution in [-0.2, 0) is 9.53 Å². The van der Waals surface area contributed by atoms with Gasteiger partial charge in [0, 0.05) is 11.6 Å². The molecule has 1 saturated heterocycles. The van der Waals surface area contributed by atoms with E-state index < -0.39 is 6.04 Å². The van der Waals surface area contributed by atoms with Crippen molar-refractivity contribution in [3.05, 3.63) is 33.8 Å². The monoisotopic (exact) mass is 315 g/mol. The minimum absolute atomic E-state index is 0.262. The zero-order valence-corrected chi connectivity index (χ0v) is 12.6. The van der Waals surface area contributed by atoms with Gasteiger partial charge in [0.05, 0.1) is 17.7 Å². The largest absolute Gasteiger partial charge is 0.467 e. The van der Waals surface area contributed by atoms with Crippen molar-refractivity contribution < 1.29 is 14.3 Å². The molecule has 0 bridgehead atoms. The zero-order valence-electron chi connectivity index (χ0n) is 11.1. The highest BCUT2D eigenvalue weighted by Crippen LogP contribution is 2.26. The number of hydrogen-bond donors (Lipinski definition) is 0. The van der Waals surface area contributed by atoms with Crippen molar-refractivity contribution in [3.8, 4) is 0 Å². The third kappa shape index (κ3) is 3.07. The van der Waals surface area contributed by atoms with Crippen LogP contribution in [0.5, 0.6) is 0 Å². The van der Waals surface area contributed by atoms with E-state index in [4.69, 9.17) is 27.9 Å². The predicted octanol–water partition coefficient (Wildman–Crippen LogP) is 3.16. The normalized spacial score (nSPS) is 18.8. The number of esters is 1. The molecule has 2 rings (SSSR count). The van der Waals surface area contributed by atoms with Gasteiger partial charge in [0.1, 0.15) is 6.04 Å². The topological polar surface area (TPSA) is 46.6 Å². The Morgan fingerprint density at radius 2 is 2.05 bits per heavy atom. The number of likely N-dealkylation sites (tertiary alicyclic amines) is 1. The number of hydrogen-bond acceptors (Lipinski definition) is 3. The van der Waals surface area contributed by atoms with Gasteiger partial charge in [-0.3, -0.25) is 4.79 Å². The fourth-order valence-corrected chi connectivity index (χ4v) is 2.86. The molecule has 1 heterocycles. The average molecular weight is 316 g/mol. The van der Waals surface area contributed by atoms with Crippen LogP contribution < -0.4 is 0 Å². The van der Waals surface area contributed by atoms with Gasteiger partial charge >= 0.3 is 5.97 Å². The molecule has 0 spiro atoms. The van der Waals surface area contributed by atoms with E-state index in [9.17, 15) is 9.59 Å². The Labute approximate surface area is 127 Å². The van der Waals surface area contributed by atoms with Crippen LogP contribution in [0.15, 0.2) is 18.2 Å². The smallest absolute Gasteiger partial charge is 0.328 e. The quantitative estimate of drug-likeness (QED) is 0.787. The maximum Gasteiger partial charge on any atom is 0.328 e. The maximum atomic E-state index is 12.6. The fraction of sp³-hybridized carbons (Fsp3) is 0.429.